The van der Waals surface area contributed by atoms with Gasteiger partial charge >= 0.3 is 0 Å². The van der Waals surface area contributed by atoms with Gasteiger partial charge in [-0.2, -0.15) is 9.30 Å². The Morgan fingerprint density at radius 3 is 2.48 bits per heavy atom. The number of benzene rings is 1. The Kier molecular flexibility index (Phi) is 5.07. The summed E-state index contributed by atoms with van der Waals surface area (Å²) in [4.78, 5) is 14.2. The highest BCUT2D eigenvalue weighted by Gasteiger charge is 2.37. The second-order valence-electron chi connectivity index (χ2n) is 4.97. The molecule has 21 heavy (non-hydrogen) atoms. The van der Waals surface area contributed by atoms with Gasteiger partial charge < -0.3 is 0 Å². The molecule has 2 unspecified atom stereocenters. The van der Waals surface area contributed by atoms with Crippen molar-refractivity contribution in [2.75, 3.05) is 6.54 Å². The molecule has 2 atom stereocenters. The summed E-state index contributed by atoms with van der Waals surface area (Å²) in [6.45, 7) is 2.16. The maximum Gasteiger partial charge on any atom is 0.245 e. The Morgan fingerprint density at radius 1 is 1.29 bits per heavy atom. The first kappa shape index (κ1) is 16.5. The highest BCUT2D eigenvalue weighted by Crippen LogP contribution is 2.31. The van der Waals surface area contributed by atoms with Gasteiger partial charge in [0.2, 0.25) is 16.1 Å². The zero-order valence-corrected chi connectivity index (χ0v) is 13.6. The number of rotatable bonds is 3. The Bertz CT molecular complexity index is 666. The molecule has 0 aromatic heterocycles. The lowest BCUT2D eigenvalue weighted by Gasteiger charge is -2.35. The monoisotopic (exact) mass is 348 g/mol. The number of aliphatic imine (C=N–C) groups is 1. The summed E-state index contributed by atoms with van der Waals surface area (Å²) < 4.78 is 26.7. The zero-order chi connectivity index (χ0) is 15.6. The van der Waals surface area contributed by atoms with E-state index < -0.39 is 16.2 Å². The Hall–Kier alpha value is -0.910. The Morgan fingerprint density at radius 2 is 1.90 bits per heavy atom. The maximum atomic E-state index is 12.7. The molecule has 1 aromatic carbocycles. The molecule has 0 amide bonds. The number of piperidine rings is 1. The van der Waals surface area contributed by atoms with Crippen molar-refractivity contribution < 1.29 is 13.2 Å². The lowest BCUT2D eigenvalue weighted by Crippen LogP contribution is -2.46. The van der Waals surface area contributed by atoms with E-state index in [0.29, 0.717) is 13.0 Å². The zero-order valence-electron chi connectivity index (χ0n) is 11.3. The van der Waals surface area contributed by atoms with Crippen LogP contribution in [0.1, 0.15) is 19.8 Å². The number of hydrogen-bond donors (Lipinski definition) is 0. The number of isocyanates is 1. The van der Waals surface area contributed by atoms with E-state index in [2.05, 4.69) is 4.99 Å². The van der Waals surface area contributed by atoms with Gasteiger partial charge in [0.05, 0.1) is 4.90 Å². The molecule has 1 aliphatic rings. The topological polar surface area (TPSA) is 66.8 Å². The summed E-state index contributed by atoms with van der Waals surface area (Å²) >= 11 is 11.7. The fourth-order valence-electron chi connectivity index (χ4n) is 2.46. The molecule has 1 heterocycles. The first-order valence-corrected chi connectivity index (χ1v) is 8.61. The quantitative estimate of drug-likeness (QED) is 0.622. The lowest BCUT2D eigenvalue weighted by molar-refractivity contribution is 0.194. The van der Waals surface area contributed by atoms with Gasteiger partial charge in [0.1, 0.15) is 6.17 Å². The van der Waals surface area contributed by atoms with Crippen molar-refractivity contribution in [3.8, 4) is 0 Å². The standard InChI is InChI=1S/C13H14Cl2N2O3S/c1-9-3-2-4-17(13(9)16-8-18)21(19,20)12-6-10(14)5-11(15)7-12/h5-7,9,13H,2-4H2,1H3. The summed E-state index contributed by atoms with van der Waals surface area (Å²) in [7, 11) is -3.82. The highest BCUT2D eigenvalue weighted by molar-refractivity contribution is 7.89. The van der Waals surface area contributed by atoms with Crippen LogP contribution in [0.3, 0.4) is 0 Å². The SMILES string of the molecule is CC1CCCN(S(=O)(=O)c2cc(Cl)cc(Cl)c2)C1N=C=O. The van der Waals surface area contributed by atoms with Crippen LogP contribution in [0, 0.1) is 5.92 Å². The van der Waals surface area contributed by atoms with Crippen LogP contribution >= 0.6 is 23.2 Å². The Balaban J connectivity index is 2.48. The summed E-state index contributed by atoms with van der Waals surface area (Å²) in [6, 6.07) is 4.13. The second kappa shape index (κ2) is 6.46. The molecule has 0 aliphatic carbocycles. The van der Waals surface area contributed by atoms with E-state index in [0.717, 1.165) is 6.42 Å². The van der Waals surface area contributed by atoms with Gasteiger partial charge in [-0.05, 0) is 37.0 Å². The van der Waals surface area contributed by atoms with Crippen LogP contribution < -0.4 is 0 Å². The van der Waals surface area contributed by atoms with Crippen molar-refractivity contribution >= 4 is 39.3 Å². The fraction of sp³-hybridized carbons (Fsp3) is 0.462. The molecular formula is C13H14Cl2N2O3S. The minimum atomic E-state index is -3.82. The number of halogens is 2. The van der Waals surface area contributed by atoms with E-state index in [1.165, 1.54) is 28.6 Å². The smallest absolute Gasteiger partial charge is 0.211 e. The number of hydrogen-bond acceptors (Lipinski definition) is 4. The summed E-state index contributed by atoms with van der Waals surface area (Å²) in [6.07, 6.45) is 2.24. The number of sulfonamides is 1. The molecule has 0 radical (unpaired) electrons. The van der Waals surface area contributed by atoms with E-state index in [1.54, 1.807) is 0 Å². The third-order valence-electron chi connectivity index (χ3n) is 3.47. The predicted octanol–water partition coefficient (Wildman–Crippen LogP) is 3.08. The van der Waals surface area contributed by atoms with Gasteiger partial charge in [-0.25, -0.2) is 13.2 Å². The lowest BCUT2D eigenvalue weighted by atomic mass is 9.98. The molecule has 1 saturated heterocycles. The molecule has 8 heteroatoms. The van der Waals surface area contributed by atoms with E-state index in [1.807, 2.05) is 6.92 Å². The fourth-order valence-corrected chi connectivity index (χ4v) is 4.84. The summed E-state index contributed by atoms with van der Waals surface area (Å²) in [5.74, 6) is -0.0513. The van der Waals surface area contributed by atoms with Crippen molar-refractivity contribution in [3.63, 3.8) is 0 Å². The molecule has 2 rings (SSSR count). The normalized spacial score (nSPS) is 23.6. The van der Waals surface area contributed by atoms with E-state index in [4.69, 9.17) is 23.2 Å². The van der Waals surface area contributed by atoms with Gasteiger partial charge in [0, 0.05) is 16.6 Å². The molecule has 1 fully saturated rings. The highest BCUT2D eigenvalue weighted by atomic mass is 35.5. The van der Waals surface area contributed by atoms with E-state index in [9.17, 15) is 13.2 Å². The van der Waals surface area contributed by atoms with Crippen LogP contribution in [-0.4, -0.2) is 31.5 Å². The molecule has 114 valence electrons. The minimum Gasteiger partial charge on any atom is -0.211 e. The molecule has 1 aliphatic heterocycles. The van der Waals surface area contributed by atoms with Crippen LogP contribution in [0.4, 0.5) is 0 Å². The number of carbonyl (C=O) groups excluding carboxylic acids is 1. The molecule has 5 nitrogen and oxygen atoms in total. The van der Waals surface area contributed by atoms with Crippen molar-refractivity contribution in [1.82, 2.24) is 4.31 Å². The van der Waals surface area contributed by atoms with Gasteiger partial charge in [0.15, 0.2) is 0 Å². The first-order chi connectivity index (χ1) is 9.86. The Labute approximate surface area is 133 Å². The average molecular weight is 349 g/mol. The van der Waals surface area contributed by atoms with E-state index >= 15 is 0 Å². The predicted molar refractivity (Wildman–Crippen MR) is 80.7 cm³/mol. The molecule has 0 saturated carbocycles. The second-order valence-corrected chi connectivity index (χ2v) is 7.74. The van der Waals surface area contributed by atoms with Crippen molar-refractivity contribution in [1.29, 1.82) is 0 Å². The van der Waals surface area contributed by atoms with Crippen LogP contribution in [0.15, 0.2) is 28.1 Å². The van der Waals surface area contributed by atoms with Gasteiger partial charge in [-0.3, -0.25) is 0 Å². The van der Waals surface area contributed by atoms with Crippen LogP contribution in [-0.2, 0) is 14.8 Å². The van der Waals surface area contributed by atoms with Crippen LogP contribution in [0.25, 0.3) is 0 Å². The minimum absolute atomic E-state index is 0.000184. The van der Waals surface area contributed by atoms with Gasteiger partial charge in [0.25, 0.3) is 0 Å². The largest absolute Gasteiger partial charge is 0.245 e. The molecule has 0 spiro atoms. The third kappa shape index (κ3) is 3.47. The van der Waals surface area contributed by atoms with E-state index in [-0.39, 0.29) is 20.9 Å². The third-order valence-corrected chi connectivity index (χ3v) is 5.75. The van der Waals surface area contributed by atoms with Crippen molar-refractivity contribution in [2.24, 2.45) is 10.9 Å². The molecule has 1 aromatic rings. The average Bonchev–Trinajstić information content (AvgIpc) is 2.40. The number of nitrogens with zero attached hydrogens (tertiary/aromatic N) is 2. The molecular weight excluding hydrogens is 335 g/mol. The van der Waals surface area contributed by atoms with Gasteiger partial charge in [-0.15, -0.1) is 0 Å². The van der Waals surface area contributed by atoms with Gasteiger partial charge in [-0.1, -0.05) is 30.1 Å². The van der Waals surface area contributed by atoms with Crippen LogP contribution in [0.5, 0.6) is 0 Å². The summed E-state index contributed by atoms with van der Waals surface area (Å²) in [5.41, 5.74) is 0. The first-order valence-electron chi connectivity index (χ1n) is 6.41. The van der Waals surface area contributed by atoms with Crippen molar-refractivity contribution in [2.45, 2.75) is 30.8 Å². The van der Waals surface area contributed by atoms with Crippen molar-refractivity contribution in [3.05, 3.63) is 28.2 Å². The maximum absolute atomic E-state index is 12.7. The molecule has 0 bridgehead atoms. The summed E-state index contributed by atoms with van der Waals surface area (Å²) in [5, 5.41) is 0.475. The van der Waals surface area contributed by atoms with Crippen LogP contribution in [0.2, 0.25) is 10.0 Å². The molecule has 0 N–H and O–H groups in total.